The molecule has 3 saturated heterocycles. The zero-order valence-electron chi connectivity index (χ0n) is 78.3. The molecule has 6 rings (SSSR count). The standard InChI is InChI=1S/C94H139N7O30/c1-59-85(97-62(4)102)91(129-78(56-122-65(7)105)88(59)126-68(10)108)119-51-25-21-33-74(111)32-20-24-47-100(84(116)37-23-27-53-121-93-87(99-64(6)104)61(3)90(128-70(12)110)80(131-93)58-124-67(9)107)49-29-50-101(48-28-46-95-81(113)35-22-26-52-120-92-86(98-63(5)103)60(2)89(127-69(11)109)79(130-92)57-123-66(8)106)83(115)36-19-18-34-82(114)96-54-75(112)55-125-94(71-30-16-15-17-31-71,72-38-42-76(117-13)43-39-72)73-40-44-77(118-14)45-41-73/h15-17,30-31,38-45,59-61,75,78-80,85-93,112H,18-29,32-37,46-58H2,1-14H3,(H,95,113)(H,96,114)(H,97,102)(H,98,103)(H,99,104)/t59-,60-,61-,75?,78?,79?,80?,85?,86?,87?,88-,89-,90-,91-,92-,93-/m1/s1. The third-order valence-electron chi connectivity index (χ3n) is 22.7. The number of unbranched alkanes of at least 4 members (excludes halogenated alkanes) is 5. The molecular weight excluding hydrogens is 1710 g/mol. The van der Waals surface area contributed by atoms with Gasteiger partial charge in [-0.25, -0.2) is 0 Å². The van der Waals surface area contributed by atoms with E-state index >= 15 is 0 Å². The van der Waals surface area contributed by atoms with Crippen molar-refractivity contribution in [2.75, 3.05) is 99.7 Å². The number of Topliss-reactive ketones (excluding diaryl/α,β-unsaturated/α-hetero) is 1. The second kappa shape index (κ2) is 57.9. The van der Waals surface area contributed by atoms with Crippen LogP contribution in [0.1, 0.15) is 215 Å². The van der Waals surface area contributed by atoms with Gasteiger partial charge in [0.05, 0.1) is 45.1 Å². The summed E-state index contributed by atoms with van der Waals surface area (Å²) in [5, 5.41) is 25.8. The average molecular weight is 1850 g/mol. The van der Waals surface area contributed by atoms with Crippen molar-refractivity contribution >= 4 is 82.9 Å². The van der Waals surface area contributed by atoms with Gasteiger partial charge in [-0.15, -0.1) is 0 Å². The highest BCUT2D eigenvalue weighted by Crippen LogP contribution is 2.43. The summed E-state index contributed by atoms with van der Waals surface area (Å²) in [7, 11) is 3.15. The van der Waals surface area contributed by atoms with E-state index in [9.17, 15) is 72.2 Å². The van der Waals surface area contributed by atoms with Gasteiger partial charge in [0, 0.05) is 178 Å². The van der Waals surface area contributed by atoms with Crippen LogP contribution in [0.15, 0.2) is 78.9 Å². The number of rotatable bonds is 58. The van der Waals surface area contributed by atoms with Crippen molar-refractivity contribution in [3.05, 3.63) is 95.6 Å². The van der Waals surface area contributed by atoms with E-state index < -0.39 is 145 Å². The number of esters is 6. The number of nitrogens with zero attached hydrogens (tertiary/aromatic N) is 2. The van der Waals surface area contributed by atoms with Crippen LogP contribution in [0.4, 0.5) is 0 Å². The number of ether oxygens (including phenoxy) is 15. The molecule has 6 N–H and O–H groups in total. The van der Waals surface area contributed by atoms with Crippen LogP contribution in [0.2, 0.25) is 0 Å². The Morgan fingerprint density at radius 2 is 0.733 bits per heavy atom. The van der Waals surface area contributed by atoms with Crippen LogP contribution < -0.4 is 36.1 Å². The summed E-state index contributed by atoms with van der Waals surface area (Å²) in [6.45, 7) is 16.8. The molecule has 3 aromatic rings. The molecule has 3 fully saturated rings. The molecule has 3 aliphatic rings. The average Bonchev–Trinajstić information content (AvgIpc) is 0.749. The second-order valence-electron chi connectivity index (χ2n) is 33.3. The summed E-state index contributed by atoms with van der Waals surface area (Å²) >= 11 is 0. The van der Waals surface area contributed by atoms with Gasteiger partial charge in [0.15, 0.2) is 18.9 Å². The summed E-state index contributed by atoms with van der Waals surface area (Å²) in [5.74, 6) is -6.15. The maximum absolute atomic E-state index is 14.5. The minimum absolute atomic E-state index is 0.0234. The lowest BCUT2D eigenvalue weighted by Crippen LogP contribution is -2.62. The van der Waals surface area contributed by atoms with Crippen molar-refractivity contribution in [2.24, 2.45) is 17.8 Å². The van der Waals surface area contributed by atoms with Crippen molar-refractivity contribution in [3.8, 4) is 11.5 Å². The second-order valence-corrected chi connectivity index (χ2v) is 33.3. The molecule has 0 aromatic heterocycles. The first-order valence-electron chi connectivity index (χ1n) is 45.4. The van der Waals surface area contributed by atoms with E-state index in [-0.39, 0.29) is 165 Å². The zero-order valence-corrected chi connectivity index (χ0v) is 78.3. The SMILES string of the molecule is COc1ccc(C(OCC(O)CNC(=O)CCCCC(=O)N(CCCNC(=O)CCCCO[C@@H]2OC(COC(C)=O)[C@H](OC(C)=O)[C@H](C)C2NC(C)=O)CCCN(CCCCC(=O)CCCCO[C@@H]2OC(COC(C)=O)[C@H](OC(C)=O)[C@H](C)C2NC(C)=O)C(=O)CCCCO[C@@H]2OC(COC(C)=O)[C@H](OC(C)=O)[C@H](C)C2NC(C)=O)(c2ccccc2)c2ccc(OC)cc2)cc1. The number of carbonyl (C=O) groups excluding carboxylic acids is 14. The van der Waals surface area contributed by atoms with Gasteiger partial charge in [0.1, 0.15) is 79.3 Å². The van der Waals surface area contributed by atoms with Crippen LogP contribution in [0.3, 0.4) is 0 Å². The molecule has 0 radical (unpaired) electrons. The first-order valence-corrected chi connectivity index (χ1v) is 45.4. The molecule has 131 heavy (non-hydrogen) atoms. The summed E-state index contributed by atoms with van der Waals surface area (Å²) in [6.07, 6.45) is -4.60. The highest BCUT2D eigenvalue weighted by atomic mass is 16.7. The molecule has 37 heteroatoms. The third kappa shape index (κ3) is 38.1. The molecule has 7 amide bonds. The van der Waals surface area contributed by atoms with Gasteiger partial charge in [-0.1, -0.05) is 75.4 Å². The predicted octanol–water partition coefficient (Wildman–Crippen LogP) is 6.99. The molecule has 3 aromatic carbocycles. The number of aliphatic hydroxyl groups is 1. The van der Waals surface area contributed by atoms with Gasteiger partial charge in [0.25, 0.3) is 0 Å². The quantitative estimate of drug-likeness (QED) is 0.0143. The molecule has 3 aliphatic heterocycles. The predicted molar refractivity (Wildman–Crippen MR) is 472 cm³/mol. The van der Waals surface area contributed by atoms with Crippen LogP contribution >= 0.6 is 0 Å². The molecule has 7 unspecified atom stereocenters. The third-order valence-corrected chi connectivity index (χ3v) is 22.7. The summed E-state index contributed by atoms with van der Waals surface area (Å²) in [6, 6.07) is 22.2. The Balaban J connectivity index is 1.12. The van der Waals surface area contributed by atoms with Gasteiger partial charge in [-0.2, -0.15) is 0 Å². The first kappa shape index (κ1) is 109. The largest absolute Gasteiger partial charge is 0.497 e. The molecule has 0 aliphatic carbocycles. The topological polar surface area (TPSA) is 464 Å². The number of aliphatic hydroxyl groups excluding tert-OH is 1. The van der Waals surface area contributed by atoms with Crippen molar-refractivity contribution < 1.29 is 143 Å². The van der Waals surface area contributed by atoms with Gasteiger partial charge in [-0.3, -0.25) is 67.1 Å². The minimum Gasteiger partial charge on any atom is -0.497 e. The number of hydrogen-bond acceptors (Lipinski definition) is 30. The van der Waals surface area contributed by atoms with E-state index in [1.165, 1.54) is 62.3 Å². The number of ketones is 1. The number of benzene rings is 3. The van der Waals surface area contributed by atoms with Gasteiger partial charge >= 0.3 is 35.8 Å². The fourth-order valence-electron chi connectivity index (χ4n) is 16.1. The molecule has 0 bridgehead atoms. The van der Waals surface area contributed by atoms with Crippen molar-refractivity contribution in [2.45, 2.75) is 284 Å². The number of methoxy groups -OCH3 is 2. The lowest BCUT2D eigenvalue weighted by molar-refractivity contribution is -0.262. The molecule has 37 nitrogen and oxygen atoms in total. The smallest absolute Gasteiger partial charge is 0.303 e. The lowest BCUT2D eigenvalue weighted by atomic mass is 9.80. The van der Waals surface area contributed by atoms with Crippen LogP contribution in [0.25, 0.3) is 0 Å². The summed E-state index contributed by atoms with van der Waals surface area (Å²) < 4.78 is 87.3. The normalized spacial score (nSPS) is 21.9. The summed E-state index contributed by atoms with van der Waals surface area (Å²) in [5.41, 5.74) is 1.05. The van der Waals surface area contributed by atoms with Crippen LogP contribution in [0.5, 0.6) is 11.5 Å². The van der Waals surface area contributed by atoms with Gasteiger partial charge in [-0.05, 0) is 118 Å². The summed E-state index contributed by atoms with van der Waals surface area (Å²) in [4.78, 5) is 182. The highest BCUT2D eigenvalue weighted by Gasteiger charge is 2.51. The fraction of sp³-hybridized carbons (Fsp3) is 0.660. The molecule has 0 spiro atoms. The minimum atomic E-state index is -1.23. The number of carbonyl (C=O) groups is 14. The van der Waals surface area contributed by atoms with Crippen molar-refractivity contribution in [1.82, 2.24) is 36.4 Å². The van der Waals surface area contributed by atoms with Gasteiger partial charge in [0.2, 0.25) is 41.4 Å². The fourth-order valence-corrected chi connectivity index (χ4v) is 16.1. The van der Waals surface area contributed by atoms with E-state index in [0.717, 1.165) is 16.7 Å². The molecule has 16 atom stereocenters. The van der Waals surface area contributed by atoms with Crippen molar-refractivity contribution in [1.29, 1.82) is 0 Å². The van der Waals surface area contributed by atoms with Gasteiger partial charge < -0.3 is 113 Å². The van der Waals surface area contributed by atoms with Crippen LogP contribution in [0, 0.1) is 17.8 Å². The zero-order chi connectivity index (χ0) is 96.1. The lowest BCUT2D eigenvalue weighted by Gasteiger charge is -2.44. The monoisotopic (exact) mass is 1850 g/mol. The Hall–Kier alpha value is -10.3. The van der Waals surface area contributed by atoms with E-state index in [1.807, 2.05) is 78.9 Å². The number of amides is 7. The first-order chi connectivity index (χ1) is 62.5. The number of hydrogen-bond donors (Lipinski definition) is 6. The molecule has 730 valence electrons. The van der Waals surface area contributed by atoms with Crippen LogP contribution in [-0.2, 0) is 134 Å². The maximum atomic E-state index is 14.5. The maximum Gasteiger partial charge on any atom is 0.303 e. The molecule has 3 heterocycles. The van der Waals surface area contributed by atoms with E-state index in [2.05, 4.69) is 26.6 Å². The number of nitrogens with one attached hydrogen (secondary N) is 5. The van der Waals surface area contributed by atoms with E-state index in [1.54, 1.807) is 44.8 Å². The Labute approximate surface area is 767 Å². The van der Waals surface area contributed by atoms with Crippen LogP contribution in [-0.4, -0.2) is 277 Å². The van der Waals surface area contributed by atoms with E-state index in [0.29, 0.717) is 88.5 Å². The Kier molecular flexibility index (Phi) is 48.4. The Morgan fingerprint density at radius 3 is 1.11 bits per heavy atom. The highest BCUT2D eigenvalue weighted by molar-refractivity contribution is 5.80. The molecular formula is C94H139N7O30. The van der Waals surface area contributed by atoms with Crippen molar-refractivity contribution in [3.63, 3.8) is 0 Å². The molecule has 0 saturated carbocycles. The Morgan fingerprint density at radius 1 is 0.397 bits per heavy atom. The van der Waals surface area contributed by atoms with E-state index in [4.69, 9.17) is 71.1 Å². The Bertz CT molecular complexity index is 4050.